The van der Waals surface area contributed by atoms with Crippen molar-refractivity contribution >= 4 is 48.4 Å². The molecule has 27 heavy (non-hydrogen) atoms. The minimum atomic E-state index is -0.123. The van der Waals surface area contributed by atoms with Gasteiger partial charge in [-0.3, -0.25) is 9.59 Å². The van der Waals surface area contributed by atoms with Crippen LogP contribution < -0.4 is 10.6 Å². The van der Waals surface area contributed by atoms with E-state index in [-0.39, 0.29) is 40.1 Å². The van der Waals surface area contributed by atoms with Crippen LogP contribution in [0.1, 0.15) is 22.3 Å². The van der Waals surface area contributed by atoms with Crippen molar-refractivity contribution in [1.29, 1.82) is 0 Å². The second-order valence-corrected chi connectivity index (χ2v) is 6.60. The molecule has 2 N–H and O–H groups in total. The number of benzene rings is 2. The zero-order valence-electron chi connectivity index (χ0n) is 15.8. The molecule has 0 spiro atoms. The molecule has 7 heteroatoms. The summed E-state index contributed by atoms with van der Waals surface area (Å²) in [5.41, 5.74) is 6.21. The van der Waals surface area contributed by atoms with Crippen molar-refractivity contribution in [1.82, 2.24) is 0 Å². The summed E-state index contributed by atoms with van der Waals surface area (Å²) in [5, 5.41) is 5.49. The van der Waals surface area contributed by atoms with E-state index >= 15 is 0 Å². The summed E-state index contributed by atoms with van der Waals surface area (Å²) in [4.78, 5) is 22.0. The molecule has 2 amide bonds. The summed E-state index contributed by atoms with van der Waals surface area (Å²) in [6.07, 6.45) is 0. The molecule has 0 atom stereocenters. The largest absolute Gasteiger partial charge is 2.00 e. The normalized spacial score (nSPS) is 9.41. The molecule has 0 aromatic heterocycles. The number of carbonyl (C=O) groups is 2. The molecule has 4 nitrogen and oxygen atoms in total. The molecule has 0 fully saturated rings. The van der Waals surface area contributed by atoms with E-state index in [0.717, 1.165) is 22.5 Å². The van der Waals surface area contributed by atoms with E-state index in [1.54, 1.807) is 0 Å². The number of amides is 2. The molecule has 0 bridgehead atoms. The smallest absolute Gasteiger partial charge is 0.783 e. The molecule has 0 aliphatic carbocycles. The van der Waals surface area contributed by atoms with Gasteiger partial charge in [0.05, 0.1) is 0 Å². The van der Waals surface area contributed by atoms with Crippen LogP contribution in [0.3, 0.4) is 0 Å². The maximum Gasteiger partial charge on any atom is 2.00 e. The van der Waals surface area contributed by atoms with Crippen LogP contribution in [0.15, 0.2) is 36.4 Å². The van der Waals surface area contributed by atoms with E-state index in [2.05, 4.69) is 35.9 Å². The third-order valence-corrected chi connectivity index (χ3v) is 4.10. The van der Waals surface area contributed by atoms with Gasteiger partial charge in [-0.1, -0.05) is 46.9 Å². The molecule has 2 rings (SSSR count). The Kier molecular flexibility index (Phi) is 12.2. The molecule has 0 saturated carbocycles. The average Bonchev–Trinajstić information content (AvgIpc) is 2.60. The molecule has 0 unspecified atom stereocenters. The predicted octanol–water partition coefficient (Wildman–Crippen LogP) is 3.58. The summed E-state index contributed by atoms with van der Waals surface area (Å²) in [7, 11) is 0. The fraction of sp³-hybridized carbons (Fsp3) is 0.300. The third kappa shape index (κ3) is 9.37. The summed E-state index contributed by atoms with van der Waals surface area (Å²) >= 11 is 9.26. The molecule has 2 aromatic rings. The van der Waals surface area contributed by atoms with Gasteiger partial charge in [-0.05, 0) is 51.0 Å². The van der Waals surface area contributed by atoms with Crippen molar-refractivity contribution in [3.63, 3.8) is 0 Å². The Bertz CT molecular complexity index is 717. The number of carbonyl (C=O) groups excluding carboxylic acids is 2. The Hall–Kier alpha value is -1.41. The topological polar surface area (TPSA) is 58.2 Å². The van der Waals surface area contributed by atoms with Crippen LogP contribution in [0.25, 0.3) is 0 Å². The van der Waals surface area contributed by atoms with Gasteiger partial charge in [-0.15, -0.1) is 0 Å². The maximum absolute atomic E-state index is 11.0. The molecule has 0 aliphatic rings. The van der Waals surface area contributed by atoms with E-state index in [1.165, 1.54) is 11.1 Å². The monoisotopic (exact) mass is 447 g/mol. The Balaban J connectivity index is 0.000000483. The van der Waals surface area contributed by atoms with Gasteiger partial charge in [-0.2, -0.15) is 0 Å². The molecular weight excluding hydrogens is 423 g/mol. The third-order valence-electron chi connectivity index (χ3n) is 3.57. The minimum Gasteiger partial charge on any atom is -0.783 e. The molecule has 147 valence electrons. The van der Waals surface area contributed by atoms with Crippen LogP contribution in [-0.4, -0.2) is 23.3 Å². The Morgan fingerprint density at radius 1 is 0.741 bits per heavy atom. The van der Waals surface area contributed by atoms with E-state index in [1.807, 2.05) is 64.1 Å². The van der Waals surface area contributed by atoms with E-state index < -0.39 is 0 Å². The number of aryl methyl sites for hydroxylation is 4. The van der Waals surface area contributed by atoms with Crippen molar-refractivity contribution in [2.75, 3.05) is 22.1 Å². The van der Waals surface area contributed by atoms with Gasteiger partial charge in [-0.25, -0.2) is 0 Å². The molecular formula is C20H24CoN2O2S2. The van der Waals surface area contributed by atoms with Crippen LogP contribution in [0.2, 0.25) is 0 Å². The van der Waals surface area contributed by atoms with Crippen molar-refractivity contribution in [3.8, 4) is 0 Å². The minimum absolute atomic E-state index is 0. The fourth-order valence-electron chi connectivity index (χ4n) is 2.28. The SMILES string of the molecule is Cc1ccc(NC(=O)C[S-])c(C)c1.Cc1ccc(NC(=O)C[S-])c(C)c1.[Co+2]. The molecule has 0 heterocycles. The van der Waals surface area contributed by atoms with Gasteiger partial charge in [0.2, 0.25) is 0 Å². The first-order valence-corrected chi connectivity index (χ1v) is 9.32. The fourth-order valence-corrected chi connectivity index (χ4v) is 2.42. The number of nitrogens with one attached hydrogen (secondary N) is 2. The quantitative estimate of drug-likeness (QED) is 0.704. The first-order chi connectivity index (χ1) is 12.3. The van der Waals surface area contributed by atoms with Gasteiger partial charge < -0.3 is 35.9 Å². The van der Waals surface area contributed by atoms with Crippen molar-refractivity contribution < 1.29 is 26.4 Å². The first kappa shape index (κ1) is 25.6. The van der Waals surface area contributed by atoms with Crippen molar-refractivity contribution in [2.24, 2.45) is 0 Å². The molecule has 0 aliphatic heterocycles. The van der Waals surface area contributed by atoms with Crippen LogP contribution in [0, 0.1) is 27.7 Å². The van der Waals surface area contributed by atoms with Crippen LogP contribution in [-0.2, 0) is 51.6 Å². The maximum atomic E-state index is 11.0. The van der Waals surface area contributed by atoms with Crippen LogP contribution in [0.4, 0.5) is 11.4 Å². The van der Waals surface area contributed by atoms with Gasteiger partial charge in [0, 0.05) is 11.4 Å². The second-order valence-electron chi connectivity index (χ2n) is 6.02. The predicted molar refractivity (Wildman–Crippen MR) is 114 cm³/mol. The molecule has 1 radical (unpaired) electrons. The van der Waals surface area contributed by atoms with Crippen LogP contribution in [0.5, 0.6) is 0 Å². The van der Waals surface area contributed by atoms with Crippen LogP contribution >= 0.6 is 0 Å². The van der Waals surface area contributed by atoms with Crippen molar-refractivity contribution in [3.05, 3.63) is 58.7 Å². The Morgan fingerprint density at radius 3 is 1.33 bits per heavy atom. The number of anilines is 2. The van der Waals surface area contributed by atoms with Gasteiger partial charge >= 0.3 is 16.8 Å². The van der Waals surface area contributed by atoms with Gasteiger partial charge in [0.1, 0.15) is 0 Å². The summed E-state index contributed by atoms with van der Waals surface area (Å²) in [6, 6.07) is 11.8. The van der Waals surface area contributed by atoms with E-state index in [4.69, 9.17) is 0 Å². The summed E-state index contributed by atoms with van der Waals surface area (Å²) in [5.74, 6) is -0.0374. The number of rotatable bonds is 4. The van der Waals surface area contributed by atoms with Gasteiger partial charge in [0.25, 0.3) is 0 Å². The standard InChI is InChI=1S/2C10H13NOS.Co/c2*1-7-3-4-9(8(2)5-7)11-10(12)6-13;/h2*3-5,13H,6H2,1-2H3,(H,11,12);/q;;+2/p-2. The Morgan fingerprint density at radius 2 is 1.07 bits per heavy atom. The second kappa shape index (κ2) is 12.9. The Labute approximate surface area is 182 Å². The van der Waals surface area contributed by atoms with Gasteiger partial charge in [0.15, 0.2) is 11.8 Å². The zero-order valence-corrected chi connectivity index (χ0v) is 18.5. The van der Waals surface area contributed by atoms with E-state index in [0.29, 0.717) is 0 Å². The average molecular weight is 447 g/mol. The zero-order chi connectivity index (χ0) is 19.7. The molecule has 2 aromatic carbocycles. The number of hydrogen-bond acceptors (Lipinski definition) is 4. The number of hydrogen-bond donors (Lipinski definition) is 2. The summed E-state index contributed by atoms with van der Waals surface area (Å²) in [6.45, 7) is 7.97. The summed E-state index contributed by atoms with van der Waals surface area (Å²) < 4.78 is 0. The van der Waals surface area contributed by atoms with Crippen molar-refractivity contribution in [2.45, 2.75) is 27.7 Å². The van der Waals surface area contributed by atoms with E-state index in [9.17, 15) is 9.59 Å². The first-order valence-electron chi connectivity index (χ1n) is 8.17. The molecule has 0 saturated heterocycles.